The van der Waals surface area contributed by atoms with Crippen LogP contribution in [0.2, 0.25) is 0 Å². The van der Waals surface area contributed by atoms with Crippen LogP contribution in [0.25, 0.3) is 0 Å². The summed E-state index contributed by atoms with van der Waals surface area (Å²) in [5.74, 6) is 0.421. The minimum atomic E-state index is -0.668. The molecule has 1 aliphatic carbocycles. The molecule has 0 atom stereocenters. The second-order valence-corrected chi connectivity index (χ2v) is 7.01. The lowest BCUT2D eigenvalue weighted by Gasteiger charge is -2.19. The van der Waals surface area contributed by atoms with Crippen molar-refractivity contribution in [2.24, 2.45) is 0 Å². The molecule has 4 amide bonds. The summed E-state index contributed by atoms with van der Waals surface area (Å²) in [4.78, 5) is 36.5. The fourth-order valence-electron chi connectivity index (χ4n) is 2.96. The van der Waals surface area contributed by atoms with Gasteiger partial charge in [0.15, 0.2) is 11.5 Å². The molecule has 1 saturated carbocycles. The van der Waals surface area contributed by atoms with Crippen molar-refractivity contribution in [2.75, 3.05) is 30.4 Å². The number of para-hydroxylation sites is 1. The molecule has 1 heterocycles. The first kappa shape index (κ1) is 19.6. The van der Waals surface area contributed by atoms with E-state index in [9.17, 15) is 14.4 Å². The van der Waals surface area contributed by atoms with Crippen LogP contribution >= 0.6 is 0 Å². The zero-order chi connectivity index (χ0) is 20.9. The van der Waals surface area contributed by atoms with E-state index < -0.39 is 11.9 Å². The molecule has 4 N–H and O–H groups in total. The molecule has 2 aromatic rings. The van der Waals surface area contributed by atoms with Gasteiger partial charge in [-0.05, 0) is 37.1 Å². The Morgan fingerprint density at radius 2 is 1.73 bits per heavy atom. The third-order valence-corrected chi connectivity index (χ3v) is 4.58. The van der Waals surface area contributed by atoms with Gasteiger partial charge in [-0.1, -0.05) is 12.1 Å². The molecule has 30 heavy (non-hydrogen) atoms. The van der Waals surface area contributed by atoms with E-state index in [4.69, 9.17) is 9.47 Å². The smallest absolute Gasteiger partial charge is 0.325 e. The molecule has 0 radical (unpaired) electrons. The predicted molar refractivity (Wildman–Crippen MR) is 110 cm³/mol. The van der Waals surface area contributed by atoms with Crippen molar-refractivity contribution in [3.05, 3.63) is 48.0 Å². The Labute approximate surface area is 173 Å². The number of rotatable bonds is 6. The fourth-order valence-corrected chi connectivity index (χ4v) is 2.96. The summed E-state index contributed by atoms with van der Waals surface area (Å²) < 4.78 is 10.9. The lowest BCUT2D eigenvalue weighted by molar-refractivity contribution is -0.118. The Morgan fingerprint density at radius 1 is 0.967 bits per heavy atom. The van der Waals surface area contributed by atoms with Gasteiger partial charge in [0, 0.05) is 23.5 Å². The largest absolute Gasteiger partial charge is 0.486 e. The van der Waals surface area contributed by atoms with E-state index in [-0.39, 0.29) is 18.5 Å². The highest BCUT2D eigenvalue weighted by Crippen LogP contribution is 2.32. The average Bonchev–Trinajstić information content (AvgIpc) is 3.56. The zero-order valence-corrected chi connectivity index (χ0v) is 16.2. The monoisotopic (exact) mass is 410 g/mol. The van der Waals surface area contributed by atoms with Crippen LogP contribution in [0.1, 0.15) is 23.2 Å². The second-order valence-electron chi connectivity index (χ2n) is 7.01. The van der Waals surface area contributed by atoms with Crippen molar-refractivity contribution in [1.82, 2.24) is 10.6 Å². The number of imide groups is 1. The fraction of sp³-hybridized carbons (Fsp3) is 0.286. The number of ether oxygens (including phenoxy) is 2. The molecule has 2 aromatic carbocycles. The van der Waals surface area contributed by atoms with Gasteiger partial charge in [-0.15, -0.1) is 0 Å². The summed E-state index contributed by atoms with van der Waals surface area (Å²) >= 11 is 0. The molecule has 0 aromatic heterocycles. The van der Waals surface area contributed by atoms with Crippen molar-refractivity contribution >= 4 is 29.2 Å². The van der Waals surface area contributed by atoms with E-state index in [2.05, 4.69) is 21.3 Å². The van der Waals surface area contributed by atoms with E-state index in [0.29, 0.717) is 41.7 Å². The average molecular weight is 410 g/mol. The Balaban J connectivity index is 1.29. The third-order valence-electron chi connectivity index (χ3n) is 4.58. The molecule has 0 spiro atoms. The summed E-state index contributed by atoms with van der Waals surface area (Å²) in [5, 5.41) is 10.7. The normalized spacial score (nSPS) is 14.4. The number of carbonyl (C=O) groups is 3. The lowest BCUT2D eigenvalue weighted by atomic mass is 10.1. The Hall–Kier alpha value is -3.75. The van der Waals surface area contributed by atoms with Gasteiger partial charge >= 0.3 is 6.03 Å². The summed E-state index contributed by atoms with van der Waals surface area (Å²) in [6, 6.07) is 11.5. The van der Waals surface area contributed by atoms with Gasteiger partial charge in [0.05, 0.1) is 12.1 Å². The summed E-state index contributed by atoms with van der Waals surface area (Å²) in [5.41, 5.74) is 1.45. The SMILES string of the molecule is O=C(CNc1ccccc1C(=O)NC1CC1)NC(=O)Nc1ccc2c(c1)OCCO2. The van der Waals surface area contributed by atoms with Crippen molar-refractivity contribution in [3.8, 4) is 11.5 Å². The maximum absolute atomic E-state index is 12.3. The standard InChI is InChI=1S/C21H22N4O5/c26-19(12-22-16-4-2-1-3-15(16)20(27)23-13-5-6-13)25-21(28)24-14-7-8-17-18(11-14)30-10-9-29-17/h1-4,7-8,11,13,22H,5-6,9-10,12H2,(H,23,27)(H2,24,25,26,28). The molecule has 9 nitrogen and oxygen atoms in total. The zero-order valence-electron chi connectivity index (χ0n) is 16.2. The summed E-state index contributed by atoms with van der Waals surface area (Å²) in [6.07, 6.45) is 1.98. The van der Waals surface area contributed by atoms with E-state index >= 15 is 0 Å². The van der Waals surface area contributed by atoms with E-state index in [1.54, 1.807) is 42.5 Å². The number of nitrogens with one attached hydrogen (secondary N) is 4. The Morgan fingerprint density at radius 3 is 2.53 bits per heavy atom. The molecular formula is C21H22N4O5. The molecule has 1 aliphatic heterocycles. The van der Waals surface area contributed by atoms with Gasteiger partial charge in [-0.2, -0.15) is 0 Å². The lowest BCUT2D eigenvalue weighted by Crippen LogP contribution is -2.38. The maximum atomic E-state index is 12.3. The molecular weight excluding hydrogens is 388 g/mol. The Bertz CT molecular complexity index is 974. The number of anilines is 2. The van der Waals surface area contributed by atoms with Crippen LogP contribution in [0.4, 0.5) is 16.2 Å². The van der Waals surface area contributed by atoms with E-state index in [1.807, 2.05) is 0 Å². The third kappa shape index (κ3) is 4.99. The van der Waals surface area contributed by atoms with E-state index in [0.717, 1.165) is 12.8 Å². The molecule has 4 rings (SSSR count). The minimum absolute atomic E-state index is 0.164. The summed E-state index contributed by atoms with van der Waals surface area (Å²) in [6.45, 7) is 0.752. The molecule has 0 bridgehead atoms. The highest BCUT2D eigenvalue weighted by molar-refractivity contribution is 6.03. The number of urea groups is 1. The van der Waals surface area contributed by atoms with Crippen LogP contribution in [0.3, 0.4) is 0 Å². The number of fused-ring (bicyclic) bond motifs is 1. The molecule has 1 fully saturated rings. The second kappa shape index (κ2) is 8.73. The molecule has 2 aliphatic rings. The highest BCUT2D eigenvalue weighted by atomic mass is 16.6. The van der Waals surface area contributed by atoms with Gasteiger partial charge in [0.1, 0.15) is 13.2 Å². The van der Waals surface area contributed by atoms with Crippen molar-refractivity contribution < 1.29 is 23.9 Å². The van der Waals surface area contributed by atoms with Gasteiger partial charge in [0.2, 0.25) is 5.91 Å². The maximum Gasteiger partial charge on any atom is 0.325 e. The van der Waals surface area contributed by atoms with Gasteiger partial charge < -0.3 is 25.4 Å². The van der Waals surface area contributed by atoms with Crippen molar-refractivity contribution in [2.45, 2.75) is 18.9 Å². The molecule has 0 unspecified atom stereocenters. The first-order valence-electron chi connectivity index (χ1n) is 9.73. The van der Waals surface area contributed by atoms with Crippen molar-refractivity contribution in [3.63, 3.8) is 0 Å². The highest BCUT2D eigenvalue weighted by Gasteiger charge is 2.24. The molecule has 0 saturated heterocycles. The topological polar surface area (TPSA) is 118 Å². The van der Waals surface area contributed by atoms with Crippen LogP contribution in [0.15, 0.2) is 42.5 Å². The Kier molecular flexibility index (Phi) is 5.69. The van der Waals surface area contributed by atoms with Crippen molar-refractivity contribution in [1.29, 1.82) is 0 Å². The predicted octanol–water partition coefficient (Wildman–Crippen LogP) is 2.11. The number of amides is 4. The first-order chi connectivity index (χ1) is 14.6. The van der Waals surface area contributed by atoms with Crippen LogP contribution in [0, 0.1) is 0 Å². The molecule has 9 heteroatoms. The van der Waals surface area contributed by atoms with Gasteiger partial charge in [-0.25, -0.2) is 4.79 Å². The first-order valence-corrected chi connectivity index (χ1v) is 9.73. The quantitative estimate of drug-likeness (QED) is 0.579. The number of hydrogen-bond donors (Lipinski definition) is 4. The number of hydrogen-bond acceptors (Lipinski definition) is 6. The number of benzene rings is 2. The van der Waals surface area contributed by atoms with Crippen LogP contribution in [-0.4, -0.2) is 43.6 Å². The number of carbonyl (C=O) groups excluding carboxylic acids is 3. The van der Waals surface area contributed by atoms with Crippen LogP contribution < -0.4 is 30.7 Å². The van der Waals surface area contributed by atoms with E-state index in [1.165, 1.54) is 0 Å². The summed E-state index contributed by atoms with van der Waals surface area (Å²) in [7, 11) is 0. The molecule has 156 valence electrons. The van der Waals surface area contributed by atoms with Gasteiger partial charge in [0.25, 0.3) is 5.91 Å². The minimum Gasteiger partial charge on any atom is -0.486 e. The van der Waals surface area contributed by atoms with Crippen LogP contribution in [-0.2, 0) is 4.79 Å². The van der Waals surface area contributed by atoms with Crippen LogP contribution in [0.5, 0.6) is 11.5 Å². The van der Waals surface area contributed by atoms with Gasteiger partial charge in [-0.3, -0.25) is 14.9 Å².